The summed E-state index contributed by atoms with van der Waals surface area (Å²) in [6.45, 7) is 3.31. The molecule has 1 aliphatic heterocycles. The highest BCUT2D eigenvalue weighted by molar-refractivity contribution is 5.95. The van der Waals surface area contributed by atoms with Crippen LogP contribution in [0.1, 0.15) is 43.0 Å². The average molecular weight is 573 g/mol. The standard InChI is InChI=1S/C31H44N2O8/c1-5-33-14-28(15-41-26(35)16-8-6-7-9-19(16)32)11-10-21(34)30-18-12-17-20(38-2)13-29(36,22(18)23(17)39-3)31(37,27(30)33)25(40-4)24(28)30/h6-9,17-18,20-25,27,34,36-37H,5,10-15,32H2,1-4H3/t17-,18-,20+,21+,22-,23+,24-,25+,27+,28+,29-,30+,31-/m1/s1. The van der Waals surface area contributed by atoms with Crippen molar-refractivity contribution in [3.8, 4) is 0 Å². The summed E-state index contributed by atoms with van der Waals surface area (Å²) in [4.78, 5) is 15.5. The molecule has 6 fully saturated rings. The van der Waals surface area contributed by atoms with Crippen molar-refractivity contribution in [2.45, 2.75) is 74.3 Å². The van der Waals surface area contributed by atoms with Crippen LogP contribution in [-0.4, -0.2) is 109 Å². The molecule has 10 heteroatoms. The van der Waals surface area contributed by atoms with Crippen LogP contribution in [0.3, 0.4) is 0 Å². The number of aliphatic hydroxyl groups excluding tert-OH is 1. The number of para-hydroxylation sites is 1. The molecule has 7 rings (SSSR count). The number of nitrogen functional groups attached to an aromatic ring is 1. The molecule has 6 aliphatic rings. The van der Waals surface area contributed by atoms with Gasteiger partial charge in [-0.1, -0.05) is 19.1 Å². The normalized spacial score (nSPS) is 51.0. The number of nitrogens with two attached hydrogens (primary N) is 1. The van der Waals surface area contributed by atoms with E-state index < -0.39 is 46.3 Å². The summed E-state index contributed by atoms with van der Waals surface area (Å²) in [5.41, 5.74) is 2.12. The first-order valence-electron chi connectivity index (χ1n) is 15.1. The summed E-state index contributed by atoms with van der Waals surface area (Å²) in [7, 11) is 4.91. The van der Waals surface area contributed by atoms with Crippen LogP contribution in [0, 0.1) is 34.5 Å². The number of hydrogen-bond donors (Lipinski definition) is 4. The van der Waals surface area contributed by atoms with Crippen LogP contribution in [0.2, 0.25) is 0 Å². The van der Waals surface area contributed by atoms with Crippen LogP contribution in [-0.2, 0) is 18.9 Å². The van der Waals surface area contributed by atoms with Crippen LogP contribution in [0.4, 0.5) is 5.69 Å². The Morgan fingerprint density at radius 1 is 1.15 bits per heavy atom. The molecule has 1 spiro atoms. The molecule has 41 heavy (non-hydrogen) atoms. The van der Waals surface area contributed by atoms with Crippen LogP contribution >= 0.6 is 0 Å². The van der Waals surface area contributed by atoms with Gasteiger partial charge < -0.3 is 40.0 Å². The van der Waals surface area contributed by atoms with E-state index in [0.717, 1.165) is 0 Å². The lowest BCUT2D eigenvalue weighted by molar-refractivity contribution is -0.318. The molecule has 226 valence electrons. The van der Waals surface area contributed by atoms with Crippen LogP contribution in [0.15, 0.2) is 24.3 Å². The molecule has 0 radical (unpaired) electrons. The second-order valence-corrected chi connectivity index (χ2v) is 13.6. The van der Waals surface area contributed by atoms with E-state index in [-0.39, 0.29) is 48.9 Å². The number of piperidine rings is 1. The number of likely N-dealkylation sites (tertiary alicyclic amines) is 1. The molecular weight excluding hydrogens is 528 g/mol. The van der Waals surface area contributed by atoms with Gasteiger partial charge in [0.2, 0.25) is 0 Å². The fourth-order valence-corrected chi connectivity index (χ4v) is 11.7. The minimum Gasteiger partial charge on any atom is -0.461 e. The van der Waals surface area contributed by atoms with E-state index in [9.17, 15) is 20.1 Å². The average Bonchev–Trinajstić information content (AvgIpc) is 3.39. The summed E-state index contributed by atoms with van der Waals surface area (Å²) in [5, 5.41) is 38.2. The molecule has 1 aromatic carbocycles. The molecule has 1 saturated heterocycles. The van der Waals surface area contributed by atoms with Gasteiger partial charge in [0.05, 0.1) is 42.6 Å². The summed E-state index contributed by atoms with van der Waals surface area (Å²) >= 11 is 0. The number of methoxy groups -OCH3 is 3. The second kappa shape index (κ2) is 9.11. The summed E-state index contributed by atoms with van der Waals surface area (Å²) in [6, 6.07) is 6.34. The van der Waals surface area contributed by atoms with E-state index in [1.807, 2.05) is 6.92 Å². The maximum atomic E-state index is 13.3. The number of likely N-dealkylation sites (N-methyl/N-ethyl adjacent to an activating group) is 1. The lowest BCUT2D eigenvalue weighted by Gasteiger charge is -2.69. The predicted molar refractivity (Wildman–Crippen MR) is 148 cm³/mol. The van der Waals surface area contributed by atoms with E-state index >= 15 is 0 Å². The molecule has 13 atom stereocenters. The quantitative estimate of drug-likeness (QED) is 0.277. The zero-order valence-corrected chi connectivity index (χ0v) is 24.4. The van der Waals surface area contributed by atoms with E-state index in [4.69, 9.17) is 24.7 Å². The summed E-state index contributed by atoms with van der Waals surface area (Å²) in [5.74, 6) is -1.32. The monoisotopic (exact) mass is 572 g/mol. The van der Waals surface area contributed by atoms with E-state index in [2.05, 4.69) is 4.90 Å². The number of carbonyl (C=O) groups excluding carboxylic acids is 1. The van der Waals surface area contributed by atoms with Gasteiger partial charge in [-0.2, -0.15) is 0 Å². The van der Waals surface area contributed by atoms with Gasteiger partial charge in [0.25, 0.3) is 0 Å². The molecule has 5 saturated carbocycles. The molecule has 5 N–H and O–H groups in total. The molecule has 5 aliphatic carbocycles. The number of benzene rings is 1. The van der Waals surface area contributed by atoms with Gasteiger partial charge in [0, 0.05) is 68.6 Å². The fraction of sp³-hybridized carbons (Fsp3) is 0.774. The highest BCUT2D eigenvalue weighted by Crippen LogP contribution is 2.80. The fourth-order valence-electron chi connectivity index (χ4n) is 11.7. The highest BCUT2D eigenvalue weighted by atomic mass is 16.5. The van der Waals surface area contributed by atoms with E-state index in [1.165, 1.54) is 0 Å². The zero-order chi connectivity index (χ0) is 29.1. The Morgan fingerprint density at radius 3 is 2.56 bits per heavy atom. The van der Waals surface area contributed by atoms with Crippen molar-refractivity contribution in [3.05, 3.63) is 29.8 Å². The SMILES string of the molecule is CCN1C[C@]2(COC(=O)c3ccccc3N)CC[C@H](O)[C@@]34[C@@H]5C[C@H]6[C@H](OC)[C@@H]5[C@](O)(C[C@@H]6OC)[C@@](O)([C@@H](OC)[C@H]23)[C@@H]14. The van der Waals surface area contributed by atoms with Crippen LogP contribution in [0.5, 0.6) is 0 Å². The van der Waals surface area contributed by atoms with Gasteiger partial charge in [0.15, 0.2) is 0 Å². The lowest BCUT2D eigenvalue weighted by Crippen LogP contribution is -2.82. The molecule has 1 aromatic rings. The molecule has 0 aromatic heterocycles. The lowest BCUT2D eigenvalue weighted by atomic mass is 9.42. The molecule has 10 nitrogen and oxygen atoms in total. The summed E-state index contributed by atoms with van der Waals surface area (Å²) in [6.07, 6.45) is -0.0175. The highest BCUT2D eigenvalue weighted by Gasteiger charge is 2.91. The topological polar surface area (TPSA) is 144 Å². The number of esters is 1. The number of rotatable bonds is 7. The van der Waals surface area contributed by atoms with Crippen molar-refractivity contribution >= 4 is 11.7 Å². The van der Waals surface area contributed by atoms with Crippen molar-refractivity contribution in [2.24, 2.45) is 34.5 Å². The van der Waals surface area contributed by atoms with Crippen molar-refractivity contribution in [1.29, 1.82) is 0 Å². The first kappa shape index (κ1) is 28.0. The van der Waals surface area contributed by atoms with Crippen molar-refractivity contribution in [1.82, 2.24) is 4.90 Å². The van der Waals surface area contributed by atoms with Crippen LogP contribution in [0.25, 0.3) is 0 Å². The maximum Gasteiger partial charge on any atom is 0.340 e. The third kappa shape index (κ3) is 3.05. The Kier molecular flexibility index (Phi) is 6.22. The number of hydrogen-bond acceptors (Lipinski definition) is 10. The van der Waals surface area contributed by atoms with Crippen molar-refractivity contribution < 1.29 is 39.1 Å². The minimum absolute atomic E-state index is 0.0387. The Bertz CT molecular complexity index is 1230. The van der Waals surface area contributed by atoms with Gasteiger partial charge in [0.1, 0.15) is 11.2 Å². The van der Waals surface area contributed by atoms with E-state index in [1.54, 1.807) is 45.6 Å². The van der Waals surface area contributed by atoms with Crippen LogP contribution < -0.4 is 5.73 Å². The molecule has 0 unspecified atom stereocenters. The predicted octanol–water partition coefficient (Wildman–Crippen LogP) is 1.06. The van der Waals surface area contributed by atoms with Gasteiger partial charge >= 0.3 is 5.97 Å². The third-order valence-corrected chi connectivity index (χ3v) is 12.7. The number of aliphatic hydroxyl groups is 3. The smallest absolute Gasteiger partial charge is 0.340 e. The minimum atomic E-state index is -1.70. The first-order chi connectivity index (χ1) is 19.6. The number of nitrogens with zero attached hydrogens (tertiary/aromatic N) is 1. The molecular formula is C31H44N2O8. The Hall–Kier alpha value is -1.79. The molecule has 7 bridgehead atoms. The van der Waals surface area contributed by atoms with Gasteiger partial charge in [-0.3, -0.25) is 4.90 Å². The van der Waals surface area contributed by atoms with Crippen molar-refractivity contribution in [3.63, 3.8) is 0 Å². The Balaban J connectivity index is 1.39. The second-order valence-electron chi connectivity index (χ2n) is 13.6. The number of anilines is 1. The Morgan fingerprint density at radius 2 is 1.90 bits per heavy atom. The van der Waals surface area contributed by atoms with Gasteiger partial charge in [-0.05, 0) is 43.9 Å². The number of ether oxygens (including phenoxy) is 4. The Labute approximate surface area is 241 Å². The zero-order valence-electron chi connectivity index (χ0n) is 24.4. The van der Waals surface area contributed by atoms with Gasteiger partial charge in [-0.25, -0.2) is 4.79 Å². The number of carbonyl (C=O) groups is 1. The van der Waals surface area contributed by atoms with Gasteiger partial charge in [-0.15, -0.1) is 0 Å². The largest absolute Gasteiger partial charge is 0.461 e. The number of fused-ring (bicyclic) bond motifs is 2. The third-order valence-electron chi connectivity index (χ3n) is 12.7. The summed E-state index contributed by atoms with van der Waals surface area (Å²) < 4.78 is 24.4. The molecule has 1 heterocycles. The van der Waals surface area contributed by atoms with Crippen molar-refractivity contribution in [2.75, 3.05) is 46.8 Å². The first-order valence-corrected chi connectivity index (χ1v) is 15.1. The van der Waals surface area contributed by atoms with E-state index in [0.29, 0.717) is 43.6 Å². The molecule has 0 amide bonds. The maximum absolute atomic E-state index is 13.3.